The zero-order valence-electron chi connectivity index (χ0n) is 12.2. The highest BCUT2D eigenvalue weighted by Gasteiger charge is 2.55. The Labute approximate surface area is 119 Å². The van der Waals surface area contributed by atoms with Gasteiger partial charge in [-0.25, -0.2) is 0 Å². The van der Waals surface area contributed by atoms with Crippen LogP contribution in [-0.2, 0) is 19.1 Å². The SMILES string of the molecule is CCOC(=O)C1(C(=O)OCC)CC2=CCCC=C[C@@H]2C1. The minimum Gasteiger partial charge on any atom is -0.465 e. The molecule has 1 saturated carbocycles. The number of hydrogen-bond donors (Lipinski definition) is 0. The van der Waals surface area contributed by atoms with Crippen molar-refractivity contribution in [3.05, 3.63) is 23.8 Å². The summed E-state index contributed by atoms with van der Waals surface area (Å²) in [4.78, 5) is 24.7. The Morgan fingerprint density at radius 3 is 2.45 bits per heavy atom. The Morgan fingerprint density at radius 2 is 1.85 bits per heavy atom. The molecule has 0 N–H and O–H groups in total. The van der Waals surface area contributed by atoms with Crippen molar-refractivity contribution in [2.24, 2.45) is 11.3 Å². The van der Waals surface area contributed by atoms with E-state index >= 15 is 0 Å². The Morgan fingerprint density at radius 1 is 1.20 bits per heavy atom. The van der Waals surface area contributed by atoms with Gasteiger partial charge in [-0.2, -0.15) is 0 Å². The van der Waals surface area contributed by atoms with Crippen LogP contribution in [0.3, 0.4) is 0 Å². The van der Waals surface area contributed by atoms with Gasteiger partial charge in [-0.1, -0.05) is 23.8 Å². The topological polar surface area (TPSA) is 52.6 Å². The van der Waals surface area contributed by atoms with E-state index in [1.165, 1.54) is 5.57 Å². The molecule has 1 fully saturated rings. The molecular weight excluding hydrogens is 256 g/mol. The fraction of sp³-hybridized carbons (Fsp3) is 0.625. The van der Waals surface area contributed by atoms with Crippen molar-refractivity contribution < 1.29 is 19.1 Å². The van der Waals surface area contributed by atoms with E-state index in [9.17, 15) is 9.59 Å². The number of ether oxygens (including phenoxy) is 2. The smallest absolute Gasteiger partial charge is 0.323 e. The molecule has 0 amide bonds. The summed E-state index contributed by atoms with van der Waals surface area (Å²) in [5, 5.41) is 0. The quantitative estimate of drug-likeness (QED) is 0.451. The Bertz CT molecular complexity index is 429. The molecule has 1 atom stereocenters. The van der Waals surface area contributed by atoms with Gasteiger partial charge in [-0.3, -0.25) is 9.59 Å². The molecule has 0 spiro atoms. The molecule has 0 aromatic carbocycles. The molecule has 0 bridgehead atoms. The Balaban J connectivity index is 2.30. The van der Waals surface area contributed by atoms with Crippen molar-refractivity contribution in [2.45, 2.75) is 39.5 Å². The first-order valence-electron chi connectivity index (χ1n) is 7.34. The molecule has 0 aromatic rings. The monoisotopic (exact) mass is 278 g/mol. The minimum absolute atomic E-state index is 0.159. The molecule has 0 saturated heterocycles. The summed E-state index contributed by atoms with van der Waals surface area (Å²) in [6, 6.07) is 0. The molecule has 0 radical (unpaired) electrons. The standard InChI is InChI=1S/C16H22O4/c1-3-19-14(17)16(15(18)20-4-2)10-12-8-6-5-7-9-13(12)11-16/h6,8-9,12H,3-5,7,10-11H2,1-2H3/t12-/m1/s1. The largest absolute Gasteiger partial charge is 0.465 e. The molecule has 20 heavy (non-hydrogen) atoms. The van der Waals surface area contributed by atoms with E-state index in [0.29, 0.717) is 12.8 Å². The number of carbonyl (C=O) groups is 2. The van der Waals surface area contributed by atoms with E-state index in [2.05, 4.69) is 18.2 Å². The molecular formula is C16H22O4. The summed E-state index contributed by atoms with van der Waals surface area (Å²) < 4.78 is 10.3. The van der Waals surface area contributed by atoms with Crippen LogP contribution >= 0.6 is 0 Å². The maximum Gasteiger partial charge on any atom is 0.323 e. The summed E-state index contributed by atoms with van der Waals surface area (Å²) in [6.45, 7) is 4.06. The van der Waals surface area contributed by atoms with Gasteiger partial charge in [0.05, 0.1) is 13.2 Å². The first-order chi connectivity index (χ1) is 9.64. The zero-order valence-corrected chi connectivity index (χ0v) is 12.2. The number of rotatable bonds is 4. The second-order valence-electron chi connectivity index (χ2n) is 5.29. The van der Waals surface area contributed by atoms with Gasteiger partial charge in [0.25, 0.3) is 0 Å². The second-order valence-corrected chi connectivity index (χ2v) is 5.29. The molecule has 2 aliphatic carbocycles. The van der Waals surface area contributed by atoms with Crippen LogP contribution in [0.1, 0.15) is 39.5 Å². The van der Waals surface area contributed by atoms with Crippen LogP contribution in [0.5, 0.6) is 0 Å². The molecule has 4 nitrogen and oxygen atoms in total. The lowest BCUT2D eigenvalue weighted by atomic mass is 9.85. The van der Waals surface area contributed by atoms with Gasteiger partial charge in [0.15, 0.2) is 5.41 Å². The summed E-state index contributed by atoms with van der Waals surface area (Å²) >= 11 is 0. The first-order valence-corrected chi connectivity index (χ1v) is 7.34. The van der Waals surface area contributed by atoms with Crippen LogP contribution in [-0.4, -0.2) is 25.2 Å². The number of hydrogen-bond acceptors (Lipinski definition) is 4. The molecule has 0 unspecified atom stereocenters. The van der Waals surface area contributed by atoms with Gasteiger partial charge >= 0.3 is 11.9 Å². The van der Waals surface area contributed by atoms with Gasteiger partial charge in [0.2, 0.25) is 0 Å². The number of esters is 2. The van der Waals surface area contributed by atoms with Crippen molar-refractivity contribution in [2.75, 3.05) is 13.2 Å². The van der Waals surface area contributed by atoms with Crippen molar-refractivity contribution in [3.63, 3.8) is 0 Å². The van der Waals surface area contributed by atoms with Gasteiger partial charge in [0, 0.05) is 0 Å². The van der Waals surface area contributed by atoms with Gasteiger partial charge in [0.1, 0.15) is 0 Å². The predicted molar refractivity (Wildman–Crippen MR) is 74.9 cm³/mol. The minimum atomic E-state index is -1.15. The molecule has 110 valence electrons. The third-order valence-electron chi connectivity index (χ3n) is 3.99. The lowest BCUT2D eigenvalue weighted by molar-refractivity contribution is -0.171. The highest BCUT2D eigenvalue weighted by atomic mass is 16.6. The van der Waals surface area contributed by atoms with Crippen molar-refractivity contribution in [3.8, 4) is 0 Å². The summed E-state index contributed by atoms with van der Waals surface area (Å²) in [5.41, 5.74) is 0.0179. The third-order valence-corrected chi connectivity index (χ3v) is 3.99. The molecule has 4 heteroatoms. The van der Waals surface area contributed by atoms with Crippen molar-refractivity contribution >= 4 is 11.9 Å². The van der Waals surface area contributed by atoms with E-state index in [4.69, 9.17) is 9.47 Å². The molecule has 0 aromatic heterocycles. The summed E-state index contributed by atoms with van der Waals surface area (Å²) in [7, 11) is 0. The average Bonchev–Trinajstić information content (AvgIpc) is 2.67. The van der Waals surface area contributed by atoms with E-state index in [1.807, 2.05) is 0 Å². The van der Waals surface area contributed by atoms with Gasteiger partial charge in [-0.15, -0.1) is 0 Å². The number of carbonyl (C=O) groups excluding carboxylic acids is 2. The zero-order chi connectivity index (χ0) is 14.6. The second kappa shape index (κ2) is 6.25. The van der Waals surface area contributed by atoms with Crippen LogP contribution < -0.4 is 0 Å². The Kier molecular flexibility index (Phi) is 4.63. The van der Waals surface area contributed by atoms with Crippen molar-refractivity contribution in [1.29, 1.82) is 0 Å². The summed E-state index contributed by atoms with van der Waals surface area (Å²) in [6.07, 6.45) is 9.27. The highest BCUT2D eigenvalue weighted by Crippen LogP contribution is 2.48. The van der Waals surface area contributed by atoms with Crippen LogP contribution in [0.4, 0.5) is 0 Å². The van der Waals surface area contributed by atoms with Gasteiger partial charge in [-0.05, 0) is 45.4 Å². The first kappa shape index (κ1) is 14.8. The van der Waals surface area contributed by atoms with Gasteiger partial charge < -0.3 is 9.47 Å². The molecule has 0 heterocycles. The summed E-state index contributed by atoms with van der Waals surface area (Å²) in [5.74, 6) is -0.729. The fourth-order valence-corrected chi connectivity index (χ4v) is 3.03. The van der Waals surface area contributed by atoms with E-state index in [0.717, 1.165) is 12.8 Å². The normalized spacial score (nSPS) is 23.5. The Hall–Kier alpha value is -1.58. The molecule has 2 aliphatic rings. The average molecular weight is 278 g/mol. The predicted octanol–water partition coefficient (Wildman–Crippen LogP) is 2.79. The molecule has 2 rings (SSSR count). The van der Waals surface area contributed by atoms with Crippen molar-refractivity contribution in [1.82, 2.24) is 0 Å². The third kappa shape index (κ3) is 2.65. The van der Waals surface area contributed by atoms with E-state index in [-0.39, 0.29) is 19.1 Å². The van der Waals surface area contributed by atoms with Crippen LogP contribution in [0.15, 0.2) is 23.8 Å². The number of fused-ring (bicyclic) bond motifs is 1. The fourth-order valence-electron chi connectivity index (χ4n) is 3.03. The number of allylic oxidation sites excluding steroid dienone is 4. The van der Waals surface area contributed by atoms with E-state index < -0.39 is 17.4 Å². The maximum absolute atomic E-state index is 12.3. The lowest BCUT2D eigenvalue weighted by Crippen LogP contribution is -2.40. The highest BCUT2D eigenvalue weighted by molar-refractivity contribution is 6.01. The van der Waals surface area contributed by atoms with E-state index in [1.54, 1.807) is 13.8 Å². The van der Waals surface area contributed by atoms with Crippen LogP contribution in [0.25, 0.3) is 0 Å². The van der Waals surface area contributed by atoms with Crippen LogP contribution in [0.2, 0.25) is 0 Å². The molecule has 0 aliphatic heterocycles. The lowest BCUT2D eigenvalue weighted by Gasteiger charge is -2.24. The maximum atomic E-state index is 12.3. The van der Waals surface area contributed by atoms with Crippen LogP contribution in [0, 0.1) is 11.3 Å².